The fourth-order valence-corrected chi connectivity index (χ4v) is 6.78. The summed E-state index contributed by atoms with van der Waals surface area (Å²) in [7, 11) is -2.37. The zero-order chi connectivity index (χ0) is 26.6. The average Bonchev–Trinajstić information content (AvgIpc) is 2.86. The number of benzene rings is 3. The first kappa shape index (κ1) is 25.3. The van der Waals surface area contributed by atoms with Crippen molar-refractivity contribution in [2.75, 3.05) is 24.3 Å². The number of ether oxygens (including phenoxy) is 2. The SMILES string of the molecule is COC(=O)Cc1c(C)c2c(c(C)c1-c1ccc3c(c1C)CCCO3)-c1c(F)cccc1CN2S(C)(=O)=O. The average molecular weight is 524 g/mol. The third-order valence-electron chi connectivity index (χ3n) is 7.61. The van der Waals surface area contributed by atoms with Crippen LogP contribution in [0.2, 0.25) is 0 Å². The Morgan fingerprint density at radius 2 is 1.81 bits per heavy atom. The van der Waals surface area contributed by atoms with E-state index in [1.54, 1.807) is 19.1 Å². The largest absolute Gasteiger partial charge is 0.493 e. The highest BCUT2D eigenvalue weighted by molar-refractivity contribution is 7.92. The molecular formula is C29H30FNO5S. The van der Waals surface area contributed by atoms with Crippen LogP contribution < -0.4 is 9.04 Å². The molecule has 2 heterocycles. The van der Waals surface area contributed by atoms with Crippen molar-refractivity contribution < 1.29 is 27.1 Å². The summed E-state index contributed by atoms with van der Waals surface area (Å²) in [5.74, 6) is 0.0153. The van der Waals surface area contributed by atoms with E-state index in [0.717, 1.165) is 52.7 Å². The predicted molar refractivity (Wildman–Crippen MR) is 142 cm³/mol. The van der Waals surface area contributed by atoms with Gasteiger partial charge in [-0.3, -0.25) is 9.10 Å². The van der Waals surface area contributed by atoms with Crippen LogP contribution in [0.3, 0.4) is 0 Å². The smallest absolute Gasteiger partial charge is 0.310 e. The third-order valence-corrected chi connectivity index (χ3v) is 8.72. The lowest BCUT2D eigenvalue weighted by atomic mass is 9.79. The van der Waals surface area contributed by atoms with Crippen LogP contribution >= 0.6 is 0 Å². The van der Waals surface area contributed by atoms with Gasteiger partial charge in [0, 0.05) is 11.1 Å². The first-order chi connectivity index (χ1) is 17.5. The lowest BCUT2D eigenvalue weighted by molar-refractivity contribution is -0.139. The molecule has 0 unspecified atom stereocenters. The Morgan fingerprint density at radius 3 is 2.51 bits per heavy atom. The van der Waals surface area contributed by atoms with E-state index in [2.05, 4.69) is 0 Å². The van der Waals surface area contributed by atoms with Gasteiger partial charge < -0.3 is 9.47 Å². The van der Waals surface area contributed by atoms with Crippen molar-refractivity contribution >= 4 is 21.7 Å². The Hall–Kier alpha value is -3.39. The maximum Gasteiger partial charge on any atom is 0.310 e. The minimum atomic E-state index is -3.70. The molecule has 0 spiro atoms. The van der Waals surface area contributed by atoms with Crippen LogP contribution in [0, 0.1) is 26.6 Å². The molecule has 0 radical (unpaired) electrons. The number of methoxy groups -OCH3 is 1. The van der Waals surface area contributed by atoms with E-state index in [-0.39, 0.29) is 13.0 Å². The molecule has 3 aromatic carbocycles. The third kappa shape index (κ3) is 4.07. The highest BCUT2D eigenvalue weighted by Gasteiger charge is 2.35. The molecule has 0 fully saturated rings. The molecule has 194 valence electrons. The van der Waals surface area contributed by atoms with Crippen LogP contribution in [0.5, 0.6) is 5.75 Å². The van der Waals surface area contributed by atoms with Gasteiger partial charge in [0.25, 0.3) is 0 Å². The summed E-state index contributed by atoms with van der Waals surface area (Å²) in [6.45, 7) is 6.42. The number of nitrogens with zero attached hydrogens (tertiary/aromatic N) is 1. The number of hydrogen-bond donors (Lipinski definition) is 0. The van der Waals surface area contributed by atoms with Gasteiger partial charge in [0.15, 0.2) is 0 Å². The number of halogens is 1. The van der Waals surface area contributed by atoms with Crippen LogP contribution in [0.15, 0.2) is 30.3 Å². The minimum absolute atomic E-state index is 0.0193. The molecule has 0 saturated carbocycles. The van der Waals surface area contributed by atoms with Gasteiger partial charge in [-0.25, -0.2) is 12.8 Å². The Balaban J connectivity index is 1.92. The van der Waals surface area contributed by atoms with E-state index in [1.807, 2.05) is 26.0 Å². The second-order valence-electron chi connectivity index (χ2n) is 9.79. The van der Waals surface area contributed by atoms with Crippen molar-refractivity contribution in [2.24, 2.45) is 0 Å². The standard InChI is InChI=1S/C29H30FNO5S/c1-16-20-9-7-13-36-24(20)12-11-21(16)26-18(3)27-28-19(8-6-10-23(28)30)15-31(37(5,33)34)29(27)17(2)22(26)14-25(32)35-4/h6,8,10-12H,7,9,13-15H2,1-5H3. The molecule has 0 bridgehead atoms. The quantitative estimate of drug-likeness (QED) is 0.428. The topological polar surface area (TPSA) is 72.9 Å². The summed E-state index contributed by atoms with van der Waals surface area (Å²) in [4.78, 5) is 12.6. The summed E-state index contributed by atoms with van der Waals surface area (Å²) >= 11 is 0. The van der Waals surface area contributed by atoms with Crippen LogP contribution in [-0.2, 0) is 38.9 Å². The summed E-state index contributed by atoms with van der Waals surface area (Å²) in [5, 5.41) is 0. The van der Waals surface area contributed by atoms with Gasteiger partial charge >= 0.3 is 5.97 Å². The van der Waals surface area contributed by atoms with Crippen molar-refractivity contribution in [1.82, 2.24) is 0 Å². The number of carbonyl (C=O) groups excluding carboxylic acids is 1. The van der Waals surface area contributed by atoms with Crippen molar-refractivity contribution in [3.8, 4) is 28.0 Å². The molecule has 0 aromatic heterocycles. The Labute approximate surface area is 217 Å². The lowest BCUT2D eigenvalue weighted by Crippen LogP contribution is -2.34. The molecule has 5 rings (SSSR count). The van der Waals surface area contributed by atoms with E-state index < -0.39 is 21.8 Å². The molecule has 0 atom stereocenters. The van der Waals surface area contributed by atoms with Crippen molar-refractivity contribution in [1.29, 1.82) is 0 Å². The normalized spacial score (nSPS) is 14.4. The van der Waals surface area contributed by atoms with E-state index in [9.17, 15) is 13.2 Å². The van der Waals surface area contributed by atoms with Gasteiger partial charge in [-0.15, -0.1) is 0 Å². The van der Waals surface area contributed by atoms with E-state index in [1.165, 1.54) is 17.5 Å². The number of carbonyl (C=O) groups is 1. The van der Waals surface area contributed by atoms with Crippen LogP contribution in [0.25, 0.3) is 22.3 Å². The summed E-state index contributed by atoms with van der Waals surface area (Å²) in [5.41, 5.74) is 7.85. The zero-order valence-electron chi connectivity index (χ0n) is 21.7. The van der Waals surface area contributed by atoms with Gasteiger partial charge in [-0.2, -0.15) is 0 Å². The van der Waals surface area contributed by atoms with E-state index in [4.69, 9.17) is 9.47 Å². The molecule has 2 aliphatic heterocycles. The number of esters is 1. The minimum Gasteiger partial charge on any atom is -0.493 e. The maximum absolute atomic E-state index is 15.4. The monoisotopic (exact) mass is 523 g/mol. The Morgan fingerprint density at radius 1 is 1.05 bits per heavy atom. The van der Waals surface area contributed by atoms with Crippen LogP contribution in [-0.4, -0.2) is 34.4 Å². The Bertz CT molecular complexity index is 1560. The number of hydrogen-bond acceptors (Lipinski definition) is 5. The fraction of sp³-hybridized carbons (Fsp3) is 0.345. The summed E-state index contributed by atoms with van der Waals surface area (Å²) in [6.07, 6.45) is 2.90. The van der Waals surface area contributed by atoms with Gasteiger partial charge in [0.2, 0.25) is 10.0 Å². The van der Waals surface area contributed by atoms with Crippen molar-refractivity contribution in [2.45, 2.75) is 46.6 Å². The second kappa shape index (κ2) is 9.17. The molecule has 3 aromatic rings. The highest BCUT2D eigenvalue weighted by Crippen LogP contribution is 2.51. The number of fused-ring (bicyclic) bond motifs is 4. The summed E-state index contributed by atoms with van der Waals surface area (Å²) in [6, 6.07) is 8.69. The van der Waals surface area contributed by atoms with E-state index >= 15 is 4.39 Å². The number of sulfonamides is 1. The number of anilines is 1. The molecule has 0 amide bonds. The Kier molecular flexibility index (Phi) is 6.26. The first-order valence-electron chi connectivity index (χ1n) is 12.3. The van der Waals surface area contributed by atoms with Crippen molar-refractivity contribution in [3.05, 3.63) is 69.5 Å². The number of rotatable bonds is 4. The molecule has 0 saturated heterocycles. The van der Waals surface area contributed by atoms with Gasteiger partial charge in [-0.1, -0.05) is 18.2 Å². The van der Waals surface area contributed by atoms with Crippen LogP contribution in [0.1, 0.15) is 39.8 Å². The highest BCUT2D eigenvalue weighted by atomic mass is 32.2. The van der Waals surface area contributed by atoms with Gasteiger partial charge in [-0.05, 0) is 90.3 Å². The second-order valence-corrected chi connectivity index (χ2v) is 11.7. The molecular weight excluding hydrogens is 493 g/mol. The van der Waals surface area contributed by atoms with Crippen molar-refractivity contribution in [3.63, 3.8) is 0 Å². The van der Waals surface area contributed by atoms with E-state index in [0.29, 0.717) is 40.1 Å². The fourth-order valence-electron chi connectivity index (χ4n) is 5.84. The molecule has 6 nitrogen and oxygen atoms in total. The van der Waals surface area contributed by atoms with Crippen LogP contribution in [0.4, 0.5) is 10.1 Å². The predicted octanol–water partition coefficient (Wildman–Crippen LogP) is 5.41. The molecule has 37 heavy (non-hydrogen) atoms. The van der Waals surface area contributed by atoms with Gasteiger partial charge in [0.05, 0.1) is 38.6 Å². The zero-order valence-corrected chi connectivity index (χ0v) is 22.5. The molecule has 0 N–H and O–H groups in total. The lowest BCUT2D eigenvalue weighted by Gasteiger charge is -2.36. The maximum atomic E-state index is 15.4. The first-order valence-corrected chi connectivity index (χ1v) is 14.1. The summed E-state index contributed by atoms with van der Waals surface area (Å²) < 4.78 is 53.6. The van der Waals surface area contributed by atoms with Gasteiger partial charge in [0.1, 0.15) is 11.6 Å². The molecule has 2 aliphatic rings. The molecule has 0 aliphatic carbocycles. The molecule has 8 heteroatoms.